The van der Waals surface area contributed by atoms with Crippen molar-refractivity contribution in [2.24, 2.45) is 5.41 Å². The number of hydrogen-bond donors (Lipinski definition) is 1. The highest BCUT2D eigenvalue weighted by Gasteiger charge is 2.44. The van der Waals surface area contributed by atoms with Crippen molar-refractivity contribution >= 4 is 0 Å². The number of nitrogens with one attached hydrogen (secondary N) is 1. The van der Waals surface area contributed by atoms with Crippen LogP contribution in [0.25, 0.3) is 0 Å². The maximum atomic E-state index is 13.0. The molecule has 2 fully saturated rings. The molecule has 0 saturated carbocycles. The lowest BCUT2D eigenvalue weighted by molar-refractivity contribution is 0.110. The lowest BCUT2D eigenvalue weighted by Gasteiger charge is -2.41. The van der Waals surface area contributed by atoms with E-state index in [4.69, 9.17) is 4.74 Å². The molecule has 2 unspecified atom stereocenters. The molecule has 1 aromatic rings. The summed E-state index contributed by atoms with van der Waals surface area (Å²) in [4.78, 5) is 0. The van der Waals surface area contributed by atoms with E-state index in [-0.39, 0.29) is 11.2 Å². The Bertz CT molecular complexity index is 384. The Hall–Kier alpha value is -0.930. The molecule has 0 amide bonds. The molecule has 3 heteroatoms. The number of benzene rings is 1. The quantitative estimate of drug-likeness (QED) is 0.806. The molecule has 3 rings (SSSR count). The third kappa shape index (κ3) is 1.98. The average molecular weight is 235 g/mol. The predicted molar refractivity (Wildman–Crippen MR) is 64.5 cm³/mol. The zero-order valence-electron chi connectivity index (χ0n) is 9.92. The summed E-state index contributed by atoms with van der Waals surface area (Å²) in [6.07, 6.45) is 2.30. The first-order chi connectivity index (χ1) is 8.30. The number of ether oxygens (including phenoxy) is 1. The zero-order chi connectivity index (χ0) is 11.7. The molecule has 0 bridgehead atoms. The van der Waals surface area contributed by atoms with Crippen LogP contribution in [0, 0.1) is 11.2 Å². The molecule has 1 N–H and O–H groups in total. The topological polar surface area (TPSA) is 21.3 Å². The Morgan fingerprint density at radius 3 is 2.76 bits per heavy atom. The third-order valence-corrected chi connectivity index (χ3v) is 4.29. The van der Waals surface area contributed by atoms with Crippen LogP contribution in [0.15, 0.2) is 24.3 Å². The van der Waals surface area contributed by atoms with E-state index in [0.29, 0.717) is 5.92 Å². The van der Waals surface area contributed by atoms with Gasteiger partial charge in [0, 0.05) is 24.5 Å². The first kappa shape index (κ1) is 11.2. The zero-order valence-corrected chi connectivity index (χ0v) is 9.92. The van der Waals surface area contributed by atoms with Crippen LogP contribution in [0.5, 0.6) is 0 Å². The smallest absolute Gasteiger partial charge is 0.123 e. The summed E-state index contributed by atoms with van der Waals surface area (Å²) in [7, 11) is 0. The second-order valence-electron chi connectivity index (χ2n) is 5.22. The SMILES string of the molecule is Fc1ccc(C2CNCCC23CCOC3)cc1. The van der Waals surface area contributed by atoms with Gasteiger partial charge in [0.1, 0.15) is 5.82 Å². The molecule has 2 heterocycles. The van der Waals surface area contributed by atoms with Crippen molar-refractivity contribution in [3.63, 3.8) is 0 Å². The van der Waals surface area contributed by atoms with E-state index in [0.717, 1.165) is 39.1 Å². The maximum Gasteiger partial charge on any atom is 0.123 e. The minimum Gasteiger partial charge on any atom is -0.381 e. The van der Waals surface area contributed by atoms with Gasteiger partial charge in [-0.25, -0.2) is 4.39 Å². The molecule has 1 aromatic carbocycles. The summed E-state index contributed by atoms with van der Waals surface area (Å²) in [6.45, 7) is 3.78. The molecule has 17 heavy (non-hydrogen) atoms. The van der Waals surface area contributed by atoms with Crippen LogP contribution in [-0.4, -0.2) is 26.3 Å². The fourth-order valence-electron chi connectivity index (χ4n) is 3.24. The van der Waals surface area contributed by atoms with E-state index < -0.39 is 0 Å². The highest BCUT2D eigenvalue weighted by atomic mass is 19.1. The summed E-state index contributed by atoms with van der Waals surface area (Å²) in [5, 5.41) is 3.45. The van der Waals surface area contributed by atoms with Crippen LogP contribution in [-0.2, 0) is 4.74 Å². The first-order valence-electron chi connectivity index (χ1n) is 6.34. The molecule has 0 aromatic heterocycles. The van der Waals surface area contributed by atoms with Crippen LogP contribution >= 0.6 is 0 Å². The second kappa shape index (κ2) is 4.39. The van der Waals surface area contributed by atoms with E-state index in [1.807, 2.05) is 12.1 Å². The van der Waals surface area contributed by atoms with Crippen molar-refractivity contribution in [3.8, 4) is 0 Å². The van der Waals surface area contributed by atoms with Crippen molar-refractivity contribution in [1.29, 1.82) is 0 Å². The Labute approximate surface area is 101 Å². The van der Waals surface area contributed by atoms with Crippen molar-refractivity contribution in [2.75, 3.05) is 26.3 Å². The van der Waals surface area contributed by atoms with Crippen LogP contribution in [0.4, 0.5) is 4.39 Å². The van der Waals surface area contributed by atoms with Crippen molar-refractivity contribution in [3.05, 3.63) is 35.6 Å². The summed E-state index contributed by atoms with van der Waals surface area (Å²) < 4.78 is 18.6. The third-order valence-electron chi connectivity index (χ3n) is 4.29. The lowest BCUT2D eigenvalue weighted by atomic mass is 9.67. The molecule has 2 nitrogen and oxygen atoms in total. The molecule has 2 aliphatic rings. The Kier molecular flexibility index (Phi) is 2.89. The molecular formula is C14H18FNO. The normalized spacial score (nSPS) is 33.1. The second-order valence-corrected chi connectivity index (χ2v) is 5.22. The Morgan fingerprint density at radius 1 is 1.24 bits per heavy atom. The van der Waals surface area contributed by atoms with Gasteiger partial charge in [0.05, 0.1) is 6.61 Å². The van der Waals surface area contributed by atoms with Crippen LogP contribution < -0.4 is 5.32 Å². The van der Waals surface area contributed by atoms with E-state index >= 15 is 0 Å². The fraction of sp³-hybridized carbons (Fsp3) is 0.571. The molecule has 2 atom stereocenters. The van der Waals surface area contributed by atoms with Crippen molar-refractivity contribution in [2.45, 2.75) is 18.8 Å². The number of piperidine rings is 1. The van der Waals surface area contributed by atoms with Gasteiger partial charge in [0.2, 0.25) is 0 Å². The van der Waals surface area contributed by atoms with Gasteiger partial charge >= 0.3 is 0 Å². The maximum absolute atomic E-state index is 13.0. The lowest BCUT2D eigenvalue weighted by Crippen LogP contribution is -2.44. The molecule has 0 aliphatic carbocycles. The minimum absolute atomic E-state index is 0.158. The van der Waals surface area contributed by atoms with Crippen LogP contribution in [0.2, 0.25) is 0 Å². The molecule has 92 valence electrons. The molecule has 2 aliphatic heterocycles. The van der Waals surface area contributed by atoms with Gasteiger partial charge in [-0.2, -0.15) is 0 Å². The van der Waals surface area contributed by atoms with E-state index in [2.05, 4.69) is 5.32 Å². The number of halogens is 1. The first-order valence-corrected chi connectivity index (χ1v) is 6.34. The molecule has 2 saturated heterocycles. The Morgan fingerprint density at radius 2 is 2.06 bits per heavy atom. The fourth-order valence-corrected chi connectivity index (χ4v) is 3.24. The summed E-state index contributed by atoms with van der Waals surface area (Å²) in [5.74, 6) is 0.300. The van der Waals surface area contributed by atoms with Crippen molar-refractivity contribution in [1.82, 2.24) is 5.32 Å². The van der Waals surface area contributed by atoms with Gasteiger partial charge in [-0.05, 0) is 37.1 Å². The molecular weight excluding hydrogens is 217 g/mol. The summed E-state index contributed by atoms with van der Waals surface area (Å²) in [5.41, 5.74) is 1.52. The largest absolute Gasteiger partial charge is 0.381 e. The molecule has 0 radical (unpaired) electrons. The number of rotatable bonds is 1. The number of hydrogen-bond acceptors (Lipinski definition) is 2. The monoisotopic (exact) mass is 235 g/mol. The van der Waals surface area contributed by atoms with Gasteiger partial charge < -0.3 is 10.1 Å². The molecule has 1 spiro atoms. The highest BCUT2D eigenvalue weighted by Crippen LogP contribution is 2.46. The van der Waals surface area contributed by atoms with Crippen LogP contribution in [0.1, 0.15) is 24.3 Å². The highest BCUT2D eigenvalue weighted by molar-refractivity contribution is 5.25. The van der Waals surface area contributed by atoms with Crippen molar-refractivity contribution < 1.29 is 9.13 Å². The van der Waals surface area contributed by atoms with E-state index in [9.17, 15) is 4.39 Å². The predicted octanol–water partition coefficient (Wildman–Crippen LogP) is 2.31. The summed E-state index contributed by atoms with van der Waals surface area (Å²) >= 11 is 0. The van der Waals surface area contributed by atoms with Gasteiger partial charge in [0.15, 0.2) is 0 Å². The van der Waals surface area contributed by atoms with Gasteiger partial charge in [-0.1, -0.05) is 12.1 Å². The summed E-state index contributed by atoms with van der Waals surface area (Å²) in [6, 6.07) is 6.97. The van der Waals surface area contributed by atoms with Crippen LogP contribution in [0.3, 0.4) is 0 Å². The van der Waals surface area contributed by atoms with Gasteiger partial charge in [-0.15, -0.1) is 0 Å². The minimum atomic E-state index is -0.158. The van der Waals surface area contributed by atoms with Gasteiger partial charge in [-0.3, -0.25) is 0 Å². The standard InChI is InChI=1S/C14H18FNO/c15-12-3-1-11(2-4-12)13-9-16-7-5-14(13)6-8-17-10-14/h1-4,13,16H,5-10H2. The van der Waals surface area contributed by atoms with Gasteiger partial charge in [0.25, 0.3) is 0 Å². The average Bonchev–Trinajstić information content (AvgIpc) is 2.80. The van der Waals surface area contributed by atoms with E-state index in [1.165, 1.54) is 5.56 Å². The Balaban J connectivity index is 1.91. The van der Waals surface area contributed by atoms with E-state index in [1.54, 1.807) is 12.1 Å².